The SMILES string of the molecule is OCc1ncnn1Cc1c(F)cccc1Cl. The Bertz CT molecular complexity index is 480. The van der Waals surface area contributed by atoms with Gasteiger partial charge in [0.05, 0.1) is 6.54 Å². The average molecular weight is 242 g/mol. The van der Waals surface area contributed by atoms with Gasteiger partial charge in [0.2, 0.25) is 0 Å². The van der Waals surface area contributed by atoms with E-state index in [9.17, 15) is 4.39 Å². The molecule has 1 heterocycles. The van der Waals surface area contributed by atoms with Crippen LogP contribution in [-0.4, -0.2) is 19.9 Å². The molecule has 2 rings (SSSR count). The molecule has 0 spiro atoms. The van der Waals surface area contributed by atoms with Gasteiger partial charge in [-0.05, 0) is 12.1 Å². The molecule has 0 fully saturated rings. The first-order chi connectivity index (χ1) is 7.72. The molecule has 6 heteroatoms. The number of rotatable bonds is 3. The van der Waals surface area contributed by atoms with Crippen LogP contribution in [0, 0.1) is 5.82 Å². The Labute approximate surface area is 96.3 Å². The summed E-state index contributed by atoms with van der Waals surface area (Å²) < 4.78 is 14.9. The van der Waals surface area contributed by atoms with Gasteiger partial charge in [-0.2, -0.15) is 5.10 Å². The fourth-order valence-corrected chi connectivity index (χ4v) is 1.60. The van der Waals surface area contributed by atoms with Gasteiger partial charge in [-0.3, -0.25) is 0 Å². The maximum absolute atomic E-state index is 13.5. The van der Waals surface area contributed by atoms with Gasteiger partial charge < -0.3 is 5.11 Å². The van der Waals surface area contributed by atoms with Crippen molar-refractivity contribution in [3.63, 3.8) is 0 Å². The molecule has 4 nitrogen and oxygen atoms in total. The van der Waals surface area contributed by atoms with E-state index in [1.807, 2.05) is 0 Å². The summed E-state index contributed by atoms with van der Waals surface area (Å²) in [7, 11) is 0. The van der Waals surface area contributed by atoms with Crippen LogP contribution < -0.4 is 0 Å². The van der Waals surface area contributed by atoms with E-state index in [1.54, 1.807) is 6.07 Å². The third-order valence-electron chi connectivity index (χ3n) is 2.21. The van der Waals surface area contributed by atoms with Crippen molar-refractivity contribution in [2.24, 2.45) is 0 Å². The van der Waals surface area contributed by atoms with Crippen LogP contribution >= 0.6 is 11.6 Å². The average Bonchev–Trinajstić information content (AvgIpc) is 2.71. The monoisotopic (exact) mass is 241 g/mol. The van der Waals surface area contributed by atoms with E-state index in [0.29, 0.717) is 16.4 Å². The number of hydrogen-bond acceptors (Lipinski definition) is 3. The molecule has 0 aliphatic carbocycles. The van der Waals surface area contributed by atoms with Crippen molar-refractivity contribution < 1.29 is 9.50 Å². The van der Waals surface area contributed by atoms with E-state index in [2.05, 4.69) is 10.1 Å². The van der Waals surface area contributed by atoms with E-state index in [0.717, 1.165) is 0 Å². The van der Waals surface area contributed by atoms with Crippen LogP contribution in [-0.2, 0) is 13.2 Å². The van der Waals surface area contributed by atoms with Crippen LogP contribution in [0.5, 0.6) is 0 Å². The zero-order valence-electron chi connectivity index (χ0n) is 8.27. The van der Waals surface area contributed by atoms with Crippen LogP contribution in [0.25, 0.3) is 0 Å². The lowest BCUT2D eigenvalue weighted by molar-refractivity contribution is 0.263. The van der Waals surface area contributed by atoms with Crippen LogP contribution in [0.1, 0.15) is 11.4 Å². The van der Waals surface area contributed by atoms with E-state index >= 15 is 0 Å². The Morgan fingerprint density at radius 1 is 1.44 bits per heavy atom. The van der Waals surface area contributed by atoms with Crippen LogP contribution in [0.15, 0.2) is 24.5 Å². The minimum absolute atomic E-state index is 0.154. The van der Waals surface area contributed by atoms with Crippen LogP contribution in [0.4, 0.5) is 4.39 Å². The van der Waals surface area contributed by atoms with Crippen molar-refractivity contribution in [3.05, 3.63) is 46.8 Å². The molecule has 1 N–H and O–H groups in total. The molecule has 84 valence electrons. The molecular weight excluding hydrogens is 233 g/mol. The minimum Gasteiger partial charge on any atom is -0.388 e. The normalized spacial score (nSPS) is 10.7. The zero-order valence-corrected chi connectivity index (χ0v) is 9.02. The van der Waals surface area contributed by atoms with Crippen molar-refractivity contribution in [2.45, 2.75) is 13.2 Å². The third-order valence-corrected chi connectivity index (χ3v) is 2.56. The summed E-state index contributed by atoms with van der Waals surface area (Å²) in [6.45, 7) is -0.0898. The summed E-state index contributed by atoms with van der Waals surface area (Å²) in [6.07, 6.45) is 1.31. The molecule has 1 aromatic heterocycles. The van der Waals surface area contributed by atoms with Crippen molar-refractivity contribution in [2.75, 3.05) is 0 Å². The lowest BCUT2D eigenvalue weighted by atomic mass is 10.2. The Morgan fingerprint density at radius 2 is 2.25 bits per heavy atom. The summed E-state index contributed by atoms with van der Waals surface area (Å²) in [5.41, 5.74) is 0.337. The number of aliphatic hydroxyl groups is 1. The van der Waals surface area contributed by atoms with Gasteiger partial charge in [0, 0.05) is 10.6 Å². The number of halogens is 2. The Balaban J connectivity index is 2.34. The lowest BCUT2D eigenvalue weighted by Crippen LogP contribution is -2.08. The summed E-state index contributed by atoms with van der Waals surface area (Å²) in [5.74, 6) is -0.0220. The maximum atomic E-state index is 13.5. The second-order valence-corrected chi connectivity index (χ2v) is 3.60. The Hall–Kier alpha value is -1.46. The van der Waals surface area contributed by atoms with Crippen LogP contribution in [0.2, 0.25) is 5.02 Å². The van der Waals surface area contributed by atoms with Crippen LogP contribution in [0.3, 0.4) is 0 Å². The predicted octanol–water partition coefficient (Wildman–Crippen LogP) is 1.61. The second-order valence-electron chi connectivity index (χ2n) is 3.19. The first-order valence-corrected chi connectivity index (χ1v) is 5.00. The van der Waals surface area contributed by atoms with Crippen molar-refractivity contribution in [3.8, 4) is 0 Å². The summed E-state index contributed by atoms with van der Waals surface area (Å²) in [4.78, 5) is 3.83. The van der Waals surface area contributed by atoms with Gasteiger partial charge in [0.1, 0.15) is 18.8 Å². The summed E-state index contributed by atoms with van der Waals surface area (Å²) in [6, 6.07) is 4.47. The highest BCUT2D eigenvalue weighted by Crippen LogP contribution is 2.19. The molecule has 0 aliphatic heterocycles. The van der Waals surface area contributed by atoms with Gasteiger partial charge in [-0.1, -0.05) is 17.7 Å². The molecule has 0 unspecified atom stereocenters. The first-order valence-electron chi connectivity index (χ1n) is 4.63. The van der Waals surface area contributed by atoms with Gasteiger partial charge in [0.25, 0.3) is 0 Å². The number of benzene rings is 1. The highest BCUT2D eigenvalue weighted by atomic mass is 35.5. The fourth-order valence-electron chi connectivity index (χ4n) is 1.38. The molecule has 0 aliphatic rings. The van der Waals surface area contributed by atoms with Crippen molar-refractivity contribution >= 4 is 11.6 Å². The summed E-state index contributed by atoms with van der Waals surface area (Å²) >= 11 is 5.88. The maximum Gasteiger partial charge on any atom is 0.152 e. The van der Waals surface area contributed by atoms with E-state index < -0.39 is 5.82 Å². The Kier molecular flexibility index (Phi) is 3.17. The van der Waals surface area contributed by atoms with Gasteiger partial charge in [-0.25, -0.2) is 14.1 Å². The number of aromatic nitrogens is 3. The zero-order chi connectivity index (χ0) is 11.5. The van der Waals surface area contributed by atoms with E-state index in [4.69, 9.17) is 16.7 Å². The fraction of sp³-hybridized carbons (Fsp3) is 0.200. The second kappa shape index (κ2) is 4.59. The molecule has 16 heavy (non-hydrogen) atoms. The third kappa shape index (κ3) is 2.05. The predicted molar refractivity (Wildman–Crippen MR) is 56.5 cm³/mol. The molecule has 0 atom stereocenters. The number of nitrogens with zero attached hydrogens (tertiary/aromatic N) is 3. The van der Waals surface area contributed by atoms with E-state index in [-0.39, 0.29) is 13.2 Å². The molecule has 1 aromatic carbocycles. The van der Waals surface area contributed by atoms with E-state index in [1.165, 1.54) is 23.1 Å². The number of hydrogen-bond donors (Lipinski definition) is 1. The first kappa shape index (κ1) is 11.0. The van der Waals surface area contributed by atoms with Gasteiger partial charge >= 0.3 is 0 Å². The highest BCUT2D eigenvalue weighted by molar-refractivity contribution is 6.31. The highest BCUT2D eigenvalue weighted by Gasteiger charge is 2.10. The molecule has 2 aromatic rings. The molecule has 0 bridgehead atoms. The molecule has 0 amide bonds. The van der Waals surface area contributed by atoms with Crippen molar-refractivity contribution in [1.29, 1.82) is 0 Å². The minimum atomic E-state index is -0.396. The van der Waals surface area contributed by atoms with Crippen molar-refractivity contribution in [1.82, 2.24) is 14.8 Å². The molecule has 0 saturated carbocycles. The quantitative estimate of drug-likeness (QED) is 0.888. The smallest absolute Gasteiger partial charge is 0.152 e. The largest absolute Gasteiger partial charge is 0.388 e. The summed E-state index contributed by atoms with van der Waals surface area (Å²) in [5, 5.41) is 13.2. The lowest BCUT2D eigenvalue weighted by Gasteiger charge is -2.07. The van der Waals surface area contributed by atoms with Gasteiger partial charge in [-0.15, -0.1) is 0 Å². The molecule has 0 saturated heterocycles. The Morgan fingerprint density at radius 3 is 2.94 bits per heavy atom. The van der Waals surface area contributed by atoms with Gasteiger partial charge in [0.15, 0.2) is 5.82 Å². The molecule has 0 radical (unpaired) electrons. The molecular formula is C10H9ClFN3O. The number of aliphatic hydroxyl groups excluding tert-OH is 1. The topological polar surface area (TPSA) is 50.9 Å². The standard InChI is InChI=1S/C10H9ClFN3O/c11-8-2-1-3-9(12)7(8)4-15-10(5-16)13-6-14-15/h1-3,6,16H,4-5H2.